The molecule has 1 fully saturated rings. The van der Waals surface area contributed by atoms with Gasteiger partial charge in [0.05, 0.1) is 6.61 Å². The van der Waals surface area contributed by atoms with E-state index < -0.39 is 36.8 Å². The van der Waals surface area contributed by atoms with Gasteiger partial charge in [-0.25, -0.2) is 4.79 Å². The molecule has 8 nitrogen and oxygen atoms in total. The van der Waals surface area contributed by atoms with Gasteiger partial charge in [-0.2, -0.15) is 4.98 Å². The van der Waals surface area contributed by atoms with Crippen LogP contribution >= 0.6 is 0 Å². The van der Waals surface area contributed by atoms with Gasteiger partial charge in [-0.3, -0.25) is 4.57 Å². The summed E-state index contributed by atoms with van der Waals surface area (Å²) >= 11 is 0. The van der Waals surface area contributed by atoms with Gasteiger partial charge in [-0.15, -0.1) is 0 Å². The molecule has 0 amide bonds. The van der Waals surface area contributed by atoms with Crippen molar-refractivity contribution in [3.05, 3.63) is 22.7 Å². The van der Waals surface area contributed by atoms with E-state index in [1.54, 1.807) is 0 Å². The maximum absolute atomic E-state index is 11.5. The summed E-state index contributed by atoms with van der Waals surface area (Å²) in [7, 11) is 0. The molecule has 1 aliphatic heterocycles. The van der Waals surface area contributed by atoms with Crippen molar-refractivity contribution in [2.45, 2.75) is 24.5 Å². The van der Waals surface area contributed by atoms with E-state index in [2.05, 4.69) is 4.98 Å². The summed E-state index contributed by atoms with van der Waals surface area (Å²) in [5.41, 5.74) is 4.63. The van der Waals surface area contributed by atoms with E-state index in [1.165, 1.54) is 12.3 Å². The van der Waals surface area contributed by atoms with Crippen molar-refractivity contribution in [3.63, 3.8) is 0 Å². The first-order valence-corrected chi connectivity index (χ1v) is 5.01. The number of nitrogens with two attached hydrogens (primary N) is 1. The largest absolute Gasteiger partial charge is 1.00 e. The summed E-state index contributed by atoms with van der Waals surface area (Å²) in [6, 6.07) is 1.37. The molecule has 0 aliphatic carbocycles. The second-order valence-electron chi connectivity index (χ2n) is 3.77. The summed E-state index contributed by atoms with van der Waals surface area (Å²) in [4.78, 5) is 15.0. The van der Waals surface area contributed by atoms with Crippen LogP contribution in [0.5, 0.6) is 0 Å². The van der Waals surface area contributed by atoms with Crippen LogP contribution in [0.4, 0.5) is 5.82 Å². The molecule has 1 aromatic heterocycles. The molecule has 1 aromatic rings. The van der Waals surface area contributed by atoms with Crippen molar-refractivity contribution in [2.75, 3.05) is 12.3 Å². The number of aromatic nitrogens is 2. The molecule has 4 atom stereocenters. The predicted octanol–water partition coefficient (Wildman–Crippen LogP) is -5.45. The van der Waals surface area contributed by atoms with Crippen LogP contribution in [0.3, 0.4) is 0 Å². The zero-order chi connectivity index (χ0) is 12.6. The molecule has 0 spiro atoms. The molecule has 0 bridgehead atoms. The van der Waals surface area contributed by atoms with Crippen LogP contribution in [-0.4, -0.2) is 49.8 Å². The molecule has 2 heterocycles. The van der Waals surface area contributed by atoms with Crippen molar-refractivity contribution >= 4 is 5.82 Å². The van der Waals surface area contributed by atoms with E-state index in [-0.39, 0.29) is 36.8 Å². The average molecular weight is 267 g/mol. The fourth-order valence-corrected chi connectivity index (χ4v) is 1.73. The quantitative estimate of drug-likeness (QED) is 0.393. The van der Waals surface area contributed by atoms with E-state index in [9.17, 15) is 15.0 Å². The molecule has 0 saturated carbocycles. The monoisotopic (exact) mass is 267 g/mol. The van der Waals surface area contributed by atoms with Gasteiger partial charge in [0.25, 0.3) is 0 Å². The average Bonchev–Trinajstić information content (AvgIpc) is 2.57. The van der Waals surface area contributed by atoms with Crippen molar-refractivity contribution in [3.8, 4) is 0 Å². The number of ether oxygens (including phenoxy) is 1. The summed E-state index contributed by atoms with van der Waals surface area (Å²) in [5.74, 6) is 0.0537. The minimum atomic E-state index is -1.31. The molecule has 1 aliphatic rings. The first-order valence-electron chi connectivity index (χ1n) is 5.01. The van der Waals surface area contributed by atoms with Crippen LogP contribution in [-0.2, 0) is 4.74 Å². The van der Waals surface area contributed by atoms with Gasteiger partial charge in [0, 0.05) is 6.20 Å². The number of hydrogen-bond donors (Lipinski definition) is 4. The Bertz CT molecular complexity index is 473. The van der Waals surface area contributed by atoms with Crippen LogP contribution in [0.25, 0.3) is 0 Å². The topological polar surface area (TPSA) is 131 Å². The Morgan fingerprint density at radius 1 is 1.50 bits per heavy atom. The number of anilines is 1. The normalized spacial score (nSPS) is 31.1. The van der Waals surface area contributed by atoms with Crippen molar-refractivity contribution in [1.29, 1.82) is 0 Å². The maximum atomic E-state index is 11.5. The molecule has 5 N–H and O–H groups in total. The van der Waals surface area contributed by atoms with E-state index in [0.29, 0.717) is 0 Å². The van der Waals surface area contributed by atoms with Crippen molar-refractivity contribution in [2.24, 2.45) is 0 Å². The van der Waals surface area contributed by atoms with Gasteiger partial charge in [0.15, 0.2) is 6.23 Å². The fraction of sp³-hybridized carbons (Fsp3) is 0.556. The third-order valence-corrected chi connectivity index (χ3v) is 2.64. The number of nitrogens with zero attached hydrogens (tertiary/aromatic N) is 2. The van der Waals surface area contributed by atoms with Gasteiger partial charge in [0.1, 0.15) is 24.1 Å². The molecule has 18 heavy (non-hydrogen) atoms. The Hall–Kier alpha value is -0.480. The first-order chi connectivity index (χ1) is 8.04. The second kappa shape index (κ2) is 6.11. The van der Waals surface area contributed by atoms with Crippen LogP contribution < -0.4 is 41.0 Å². The smallest absolute Gasteiger partial charge is 1.00 e. The third kappa shape index (κ3) is 2.75. The van der Waals surface area contributed by atoms with Gasteiger partial charge in [-0.1, -0.05) is 0 Å². The van der Waals surface area contributed by atoms with E-state index in [4.69, 9.17) is 15.6 Å². The summed E-state index contributed by atoms with van der Waals surface area (Å²) in [6.45, 7) is -0.453. The van der Waals surface area contributed by atoms with Crippen LogP contribution in [0, 0.1) is 0 Å². The first kappa shape index (κ1) is 15.6. The molecule has 1 saturated heterocycles. The number of nitrogen functional groups attached to an aromatic ring is 1. The number of hydrogen-bond acceptors (Lipinski definition) is 7. The Kier molecular flexibility index (Phi) is 5.29. The van der Waals surface area contributed by atoms with E-state index in [0.717, 1.165) is 4.57 Å². The van der Waals surface area contributed by atoms with Crippen LogP contribution in [0.1, 0.15) is 7.65 Å². The fourth-order valence-electron chi connectivity index (χ4n) is 1.73. The molecule has 96 valence electrons. The van der Waals surface area contributed by atoms with Crippen LogP contribution in [0.2, 0.25) is 0 Å². The van der Waals surface area contributed by atoms with Crippen molar-refractivity contribution < 1.29 is 51.0 Å². The molecule has 0 radical (unpaired) electrons. The zero-order valence-corrected chi connectivity index (χ0v) is 11.8. The number of rotatable bonds is 2. The Morgan fingerprint density at radius 3 is 2.67 bits per heavy atom. The third-order valence-electron chi connectivity index (χ3n) is 2.64. The van der Waals surface area contributed by atoms with E-state index in [1.807, 2.05) is 0 Å². The minimum Gasteiger partial charge on any atom is -1.00 e. The SMILES string of the molecule is Nc1ccn([C@@H]2O[C@H](CO)[C@@H](O)[C@@H]2O)c(=O)n1.[H-].[Na+]. The molecule has 9 heteroatoms. The predicted molar refractivity (Wildman–Crippen MR) is 57.0 cm³/mol. The Morgan fingerprint density at radius 2 is 2.17 bits per heavy atom. The minimum absolute atomic E-state index is 0. The molecule has 0 aromatic carbocycles. The molecule has 2 rings (SSSR count). The Balaban J connectivity index is 0.00000162. The van der Waals surface area contributed by atoms with Gasteiger partial charge in [-0.05, 0) is 6.07 Å². The molecule has 0 unspecified atom stereocenters. The number of aliphatic hydroxyl groups excluding tert-OH is 3. The van der Waals surface area contributed by atoms with E-state index >= 15 is 0 Å². The van der Waals surface area contributed by atoms with Gasteiger partial charge in [0.2, 0.25) is 0 Å². The molecular weight excluding hydrogens is 253 g/mol. The standard InChI is InChI=1S/C9H13N3O5.Na.H/c10-5-1-2-12(9(16)11-5)8-7(15)6(14)4(3-13)17-8;;/h1-2,4,6-8,13-15H,3H2,(H2,10,11,16);;/q;+1;-1/t4-,6-,7+,8-;;/m1../s1. The zero-order valence-electron chi connectivity index (χ0n) is 10.8. The van der Waals surface area contributed by atoms with Gasteiger partial charge >= 0.3 is 35.2 Å². The summed E-state index contributed by atoms with van der Waals surface area (Å²) < 4.78 is 6.19. The van der Waals surface area contributed by atoms with Crippen molar-refractivity contribution in [1.82, 2.24) is 9.55 Å². The molecular formula is C9H14N3NaO5. The second-order valence-corrected chi connectivity index (χ2v) is 3.77. The summed E-state index contributed by atoms with van der Waals surface area (Å²) in [6.07, 6.45) is -3.27. The number of aliphatic hydroxyl groups is 3. The van der Waals surface area contributed by atoms with Crippen LogP contribution in [0.15, 0.2) is 17.1 Å². The Labute approximate surface area is 126 Å². The summed E-state index contributed by atoms with van der Waals surface area (Å²) in [5, 5.41) is 28.2. The maximum Gasteiger partial charge on any atom is 1.00 e. The van der Waals surface area contributed by atoms with Gasteiger partial charge < -0.3 is 27.2 Å².